The Morgan fingerprint density at radius 3 is 2.55 bits per heavy atom. The molecule has 0 atom stereocenters. The van der Waals surface area contributed by atoms with Crippen molar-refractivity contribution in [2.45, 2.75) is 32.9 Å². The first-order valence-electron chi connectivity index (χ1n) is 6.65. The molecule has 1 amide bonds. The SMILES string of the molecule is CN=C(NCc1cccc(C(=O)NC)c1)NC(C)(C)C. The molecular formula is C15H24N4O. The van der Waals surface area contributed by atoms with Gasteiger partial charge in [0, 0.05) is 31.7 Å². The summed E-state index contributed by atoms with van der Waals surface area (Å²) in [5, 5.41) is 9.14. The highest BCUT2D eigenvalue weighted by molar-refractivity contribution is 5.94. The van der Waals surface area contributed by atoms with Crippen LogP contribution < -0.4 is 16.0 Å². The largest absolute Gasteiger partial charge is 0.355 e. The highest BCUT2D eigenvalue weighted by atomic mass is 16.1. The summed E-state index contributed by atoms with van der Waals surface area (Å²) in [6.07, 6.45) is 0. The van der Waals surface area contributed by atoms with Crippen molar-refractivity contribution in [3.63, 3.8) is 0 Å². The summed E-state index contributed by atoms with van der Waals surface area (Å²) >= 11 is 0. The number of guanidine groups is 1. The summed E-state index contributed by atoms with van der Waals surface area (Å²) < 4.78 is 0. The number of hydrogen-bond acceptors (Lipinski definition) is 2. The lowest BCUT2D eigenvalue weighted by Gasteiger charge is -2.23. The van der Waals surface area contributed by atoms with Gasteiger partial charge in [-0.3, -0.25) is 9.79 Å². The van der Waals surface area contributed by atoms with Crippen LogP contribution in [0.1, 0.15) is 36.7 Å². The highest BCUT2D eigenvalue weighted by Gasteiger charge is 2.11. The van der Waals surface area contributed by atoms with Crippen molar-refractivity contribution in [2.75, 3.05) is 14.1 Å². The average Bonchev–Trinajstić information content (AvgIpc) is 2.41. The van der Waals surface area contributed by atoms with Crippen LogP contribution in [-0.4, -0.2) is 31.5 Å². The van der Waals surface area contributed by atoms with Crippen LogP contribution in [0.2, 0.25) is 0 Å². The molecule has 5 heteroatoms. The minimum absolute atomic E-state index is 0.0498. The first kappa shape index (κ1) is 16.0. The van der Waals surface area contributed by atoms with Gasteiger partial charge < -0.3 is 16.0 Å². The van der Waals surface area contributed by atoms with Crippen LogP contribution >= 0.6 is 0 Å². The standard InChI is InChI=1S/C15H24N4O/c1-15(2,3)19-14(17-5)18-10-11-7-6-8-12(9-11)13(20)16-4/h6-9H,10H2,1-5H3,(H,16,20)(H2,17,18,19). The molecule has 1 aromatic rings. The smallest absolute Gasteiger partial charge is 0.251 e. The first-order chi connectivity index (χ1) is 9.35. The molecule has 0 aliphatic heterocycles. The lowest BCUT2D eigenvalue weighted by atomic mass is 10.1. The van der Waals surface area contributed by atoms with Gasteiger partial charge in [0.05, 0.1) is 0 Å². The van der Waals surface area contributed by atoms with Crippen LogP contribution in [-0.2, 0) is 6.54 Å². The molecule has 0 fully saturated rings. The lowest BCUT2D eigenvalue weighted by Crippen LogP contribution is -2.47. The van der Waals surface area contributed by atoms with Gasteiger partial charge >= 0.3 is 0 Å². The predicted molar refractivity (Wildman–Crippen MR) is 82.9 cm³/mol. The summed E-state index contributed by atoms with van der Waals surface area (Å²) in [4.78, 5) is 15.8. The molecule has 3 N–H and O–H groups in total. The Morgan fingerprint density at radius 2 is 2.00 bits per heavy atom. The molecule has 1 rings (SSSR count). The third kappa shape index (κ3) is 5.30. The van der Waals surface area contributed by atoms with E-state index in [9.17, 15) is 4.79 Å². The summed E-state index contributed by atoms with van der Waals surface area (Å²) in [5.41, 5.74) is 1.64. The van der Waals surface area contributed by atoms with Crippen LogP contribution in [0, 0.1) is 0 Å². The number of benzene rings is 1. The van der Waals surface area contributed by atoms with Crippen molar-refractivity contribution < 1.29 is 4.79 Å². The van der Waals surface area contributed by atoms with E-state index in [1.54, 1.807) is 20.2 Å². The third-order valence-corrected chi connectivity index (χ3v) is 2.59. The van der Waals surface area contributed by atoms with Crippen molar-refractivity contribution in [3.8, 4) is 0 Å². The highest BCUT2D eigenvalue weighted by Crippen LogP contribution is 2.05. The van der Waals surface area contributed by atoms with Crippen LogP contribution in [0.5, 0.6) is 0 Å². The summed E-state index contributed by atoms with van der Waals surface area (Å²) in [6, 6.07) is 7.52. The van der Waals surface area contributed by atoms with Crippen molar-refractivity contribution in [2.24, 2.45) is 4.99 Å². The van der Waals surface area contributed by atoms with Gasteiger partial charge in [-0.1, -0.05) is 12.1 Å². The van der Waals surface area contributed by atoms with E-state index < -0.39 is 0 Å². The molecule has 110 valence electrons. The van der Waals surface area contributed by atoms with Gasteiger partial charge in [0.25, 0.3) is 5.91 Å². The molecule has 0 heterocycles. The average molecular weight is 276 g/mol. The van der Waals surface area contributed by atoms with E-state index in [1.807, 2.05) is 18.2 Å². The second kappa shape index (κ2) is 6.93. The van der Waals surface area contributed by atoms with Crippen molar-refractivity contribution in [1.82, 2.24) is 16.0 Å². The van der Waals surface area contributed by atoms with E-state index in [4.69, 9.17) is 0 Å². The number of rotatable bonds is 3. The lowest BCUT2D eigenvalue weighted by molar-refractivity contribution is 0.0963. The topological polar surface area (TPSA) is 65.5 Å². The number of carbonyl (C=O) groups excluding carboxylic acids is 1. The fraction of sp³-hybridized carbons (Fsp3) is 0.467. The van der Waals surface area contributed by atoms with Crippen molar-refractivity contribution in [3.05, 3.63) is 35.4 Å². The van der Waals surface area contributed by atoms with Gasteiger partial charge in [-0.05, 0) is 38.5 Å². The summed E-state index contributed by atoms with van der Waals surface area (Å²) in [7, 11) is 3.37. The van der Waals surface area contributed by atoms with Gasteiger partial charge in [0.1, 0.15) is 0 Å². The van der Waals surface area contributed by atoms with Crippen LogP contribution in [0.15, 0.2) is 29.3 Å². The Labute approximate surface area is 120 Å². The maximum Gasteiger partial charge on any atom is 0.251 e. The van der Waals surface area contributed by atoms with E-state index in [0.29, 0.717) is 12.1 Å². The van der Waals surface area contributed by atoms with E-state index in [1.165, 1.54) is 0 Å². The second-order valence-electron chi connectivity index (χ2n) is 5.58. The zero-order valence-electron chi connectivity index (χ0n) is 12.9. The minimum atomic E-state index is -0.0796. The van der Waals surface area contributed by atoms with Gasteiger partial charge in [0.15, 0.2) is 5.96 Å². The maximum absolute atomic E-state index is 11.6. The second-order valence-corrected chi connectivity index (χ2v) is 5.58. The fourth-order valence-corrected chi connectivity index (χ4v) is 1.69. The number of amides is 1. The fourth-order valence-electron chi connectivity index (χ4n) is 1.69. The molecule has 20 heavy (non-hydrogen) atoms. The Hall–Kier alpha value is -2.04. The molecule has 0 bridgehead atoms. The molecule has 0 radical (unpaired) electrons. The number of hydrogen-bond donors (Lipinski definition) is 3. The van der Waals surface area contributed by atoms with Gasteiger partial charge in [0.2, 0.25) is 0 Å². The van der Waals surface area contributed by atoms with E-state index >= 15 is 0 Å². The van der Waals surface area contributed by atoms with Crippen molar-refractivity contribution in [1.29, 1.82) is 0 Å². The Kier molecular flexibility index (Phi) is 5.55. The van der Waals surface area contributed by atoms with Crippen LogP contribution in [0.3, 0.4) is 0 Å². The number of nitrogens with zero attached hydrogens (tertiary/aromatic N) is 1. The first-order valence-corrected chi connectivity index (χ1v) is 6.65. The Morgan fingerprint density at radius 1 is 1.30 bits per heavy atom. The molecule has 0 aromatic heterocycles. The van der Waals surface area contributed by atoms with Gasteiger partial charge in [-0.2, -0.15) is 0 Å². The molecule has 5 nitrogen and oxygen atoms in total. The molecule has 0 aliphatic rings. The normalized spacial score (nSPS) is 11.9. The Balaban J connectivity index is 2.67. The van der Waals surface area contributed by atoms with E-state index in [2.05, 4.69) is 41.7 Å². The van der Waals surface area contributed by atoms with Gasteiger partial charge in [-0.15, -0.1) is 0 Å². The van der Waals surface area contributed by atoms with Crippen LogP contribution in [0.4, 0.5) is 0 Å². The molecule has 1 aromatic carbocycles. The number of aliphatic imine (C=N–C) groups is 1. The predicted octanol–water partition coefficient (Wildman–Crippen LogP) is 1.51. The van der Waals surface area contributed by atoms with Crippen LogP contribution in [0.25, 0.3) is 0 Å². The maximum atomic E-state index is 11.6. The number of nitrogens with one attached hydrogen (secondary N) is 3. The van der Waals surface area contributed by atoms with E-state index in [-0.39, 0.29) is 11.4 Å². The minimum Gasteiger partial charge on any atom is -0.355 e. The molecular weight excluding hydrogens is 252 g/mol. The molecule has 0 saturated heterocycles. The quantitative estimate of drug-likeness (QED) is 0.579. The third-order valence-electron chi connectivity index (χ3n) is 2.59. The molecule has 0 spiro atoms. The monoisotopic (exact) mass is 276 g/mol. The molecule has 0 aliphatic carbocycles. The Bertz CT molecular complexity index is 489. The molecule has 0 saturated carbocycles. The van der Waals surface area contributed by atoms with Gasteiger partial charge in [-0.25, -0.2) is 0 Å². The van der Waals surface area contributed by atoms with E-state index in [0.717, 1.165) is 11.5 Å². The zero-order valence-corrected chi connectivity index (χ0v) is 12.9. The zero-order chi connectivity index (χ0) is 15.2. The summed E-state index contributed by atoms with van der Waals surface area (Å²) in [6.45, 7) is 6.84. The molecule has 0 unspecified atom stereocenters. The summed E-state index contributed by atoms with van der Waals surface area (Å²) in [5.74, 6) is 0.659. The van der Waals surface area contributed by atoms with Crippen molar-refractivity contribution >= 4 is 11.9 Å². The number of carbonyl (C=O) groups is 1.